The van der Waals surface area contributed by atoms with E-state index in [-0.39, 0.29) is 35.1 Å². The lowest BCUT2D eigenvalue weighted by Crippen LogP contribution is -2.42. The molecule has 1 fully saturated rings. The van der Waals surface area contributed by atoms with Gasteiger partial charge in [-0.3, -0.25) is 4.98 Å². The van der Waals surface area contributed by atoms with Crippen LogP contribution in [0.15, 0.2) is 60.1 Å². The molecule has 0 saturated carbocycles. The molecular weight excluding hydrogens is 562 g/mol. The number of aromatic nitrogens is 4. The zero-order valence-electron chi connectivity index (χ0n) is 22.6. The van der Waals surface area contributed by atoms with E-state index in [9.17, 15) is 23.9 Å². The molecule has 216 valence electrons. The maximum absolute atomic E-state index is 13.5. The summed E-state index contributed by atoms with van der Waals surface area (Å²) < 4.78 is 40.8. The van der Waals surface area contributed by atoms with Gasteiger partial charge >= 0.3 is 0 Å². The van der Waals surface area contributed by atoms with Crippen LogP contribution >= 0.6 is 0 Å². The fourth-order valence-corrected chi connectivity index (χ4v) is 6.25. The third-order valence-corrected chi connectivity index (χ3v) is 8.86. The van der Waals surface area contributed by atoms with Crippen molar-refractivity contribution >= 4 is 26.9 Å². The first-order valence-electron chi connectivity index (χ1n) is 12.8. The van der Waals surface area contributed by atoms with Gasteiger partial charge in [0.15, 0.2) is 6.23 Å². The molecule has 0 bridgehead atoms. The van der Waals surface area contributed by atoms with Crippen LogP contribution in [-0.4, -0.2) is 81.0 Å². The Balaban J connectivity index is 1.45. The van der Waals surface area contributed by atoms with Crippen molar-refractivity contribution in [2.75, 3.05) is 25.9 Å². The molecule has 14 heteroatoms. The first-order valence-corrected chi connectivity index (χ1v) is 14.3. The lowest BCUT2D eigenvalue weighted by Gasteiger charge is -2.25. The number of nitrogen functional groups attached to an aromatic ring is 1. The highest BCUT2D eigenvalue weighted by molar-refractivity contribution is 7.89. The molecule has 0 unspecified atom stereocenters. The number of ether oxygens (including phenoxy) is 2. The normalized spacial score (nSPS) is 20.3. The van der Waals surface area contributed by atoms with Crippen molar-refractivity contribution in [1.82, 2.24) is 23.8 Å². The van der Waals surface area contributed by atoms with E-state index < -0.39 is 34.6 Å². The van der Waals surface area contributed by atoms with Crippen molar-refractivity contribution in [2.45, 2.75) is 36.4 Å². The fraction of sp³-hybridized carbons (Fsp3) is 0.286. The second-order valence-electron chi connectivity index (χ2n) is 9.38. The Kier molecular flexibility index (Phi) is 8.08. The van der Waals surface area contributed by atoms with Gasteiger partial charge in [0.1, 0.15) is 47.9 Å². The van der Waals surface area contributed by atoms with E-state index in [1.54, 1.807) is 37.6 Å². The van der Waals surface area contributed by atoms with E-state index in [0.29, 0.717) is 22.2 Å². The van der Waals surface area contributed by atoms with Crippen LogP contribution in [0.1, 0.15) is 29.8 Å². The zero-order valence-corrected chi connectivity index (χ0v) is 23.4. The van der Waals surface area contributed by atoms with Gasteiger partial charge in [0, 0.05) is 37.2 Å². The Bertz CT molecular complexity index is 1830. The van der Waals surface area contributed by atoms with E-state index in [1.165, 1.54) is 36.2 Å². The summed E-state index contributed by atoms with van der Waals surface area (Å²) in [5, 5.41) is 31.8. The Labute approximate surface area is 241 Å². The smallest absolute Gasteiger partial charge is 0.243 e. The Morgan fingerprint density at radius 1 is 1.19 bits per heavy atom. The summed E-state index contributed by atoms with van der Waals surface area (Å²) in [7, 11) is -2.72. The largest absolute Gasteiger partial charge is 0.495 e. The molecule has 1 saturated heterocycles. The number of anilines is 1. The molecule has 4 N–H and O–H groups in total. The number of methoxy groups -OCH3 is 1. The van der Waals surface area contributed by atoms with Crippen LogP contribution in [0.2, 0.25) is 0 Å². The van der Waals surface area contributed by atoms with Crippen molar-refractivity contribution in [3.8, 4) is 23.7 Å². The molecule has 4 atom stereocenters. The second kappa shape index (κ2) is 11.7. The average molecular weight is 590 g/mol. The van der Waals surface area contributed by atoms with Gasteiger partial charge in [-0.1, -0.05) is 18.8 Å². The molecule has 13 nitrogen and oxygen atoms in total. The van der Waals surface area contributed by atoms with Gasteiger partial charge < -0.3 is 30.0 Å². The number of sulfonamides is 1. The zero-order chi connectivity index (χ0) is 30.0. The highest BCUT2D eigenvalue weighted by Crippen LogP contribution is 2.35. The number of aliphatic hydroxyl groups excluding tert-OH is 2. The second-order valence-corrected chi connectivity index (χ2v) is 11.3. The van der Waals surface area contributed by atoms with Crippen LogP contribution < -0.4 is 10.5 Å². The predicted octanol–water partition coefficient (Wildman–Crippen LogP) is 1.02. The number of hydrogen-bond acceptors (Lipinski definition) is 11. The quantitative estimate of drug-likeness (QED) is 0.261. The topological polar surface area (TPSA) is 190 Å². The van der Waals surface area contributed by atoms with Gasteiger partial charge in [-0.05, 0) is 30.3 Å². The summed E-state index contributed by atoms with van der Waals surface area (Å²) in [6.07, 6.45) is 0.985. The molecule has 1 aromatic carbocycles. The van der Waals surface area contributed by atoms with Crippen molar-refractivity contribution in [1.29, 1.82) is 5.26 Å². The van der Waals surface area contributed by atoms with Gasteiger partial charge in [0.05, 0.1) is 28.5 Å². The Morgan fingerprint density at radius 2 is 2.00 bits per heavy atom. The minimum absolute atomic E-state index is 0.0356. The number of fused-ring (bicyclic) bond motifs is 1. The molecule has 4 heterocycles. The van der Waals surface area contributed by atoms with Crippen LogP contribution in [0.3, 0.4) is 0 Å². The molecule has 42 heavy (non-hydrogen) atoms. The lowest BCUT2D eigenvalue weighted by molar-refractivity contribution is -0.0381. The molecule has 4 aromatic rings. The maximum atomic E-state index is 13.5. The Morgan fingerprint density at radius 3 is 2.69 bits per heavy atom. The SMILES string of the molecule is CCN(C[C@H]1O[C@@H](n2cc(C#Cc3cccnc3)c3c(N)ncnc32)[C@H](O)[C@@H]1O)S(=O)(=O)c1ccc(OC)c(C#N)c1. The average Bonchev–Trinajstić information content (AvgIpc) is 3.51. The van der Waals surface area contributed by atoms with Gasteiger partial charge in [-0.25, -0.2) is 18.4 Å². The highest BCUT2D eigenvalue weighted by Gasteiger charge is 2.46. The molecular formula is C28H27N7O6S. The van der Waals surface area contributed by atoms with E-state index in [2.05, 4.69) is 26.8 Å². The lowest BCUT2D eigenvalue weighted by atomic mass is 10.1. The number of likely N-dealkylation sites (N-methyl/N-ethyl adjacent to an activating group) is 1. The first kappa shape index (κ1) is 28.9. The van der Waals surface area contributed by atoms with E-state index in [1.807, 2.05) is 6.07 Å². The van der Waals surface area contributed by atoms with Gasteiger partial charge in [-0.15, -0.1) is 0 Å². The minimum Gasteiger partial charge on any atom is -0.495 e. The number of hydrogen-bond donors (Lipinski definition) is 3. The van der Waals surface area contributed by atoms with Crippen molar-refractivity contribution in [3.05, 3.63) is 71.9 Å². The third kappa shape index (κ3) is 5.25. The van der Waals surface area contributed by atoms with E-state index in [0.717, 1.165) is 4.31 Å². The van der Waals surface area contributed by atoms with Crippen LogP contribution in [0.4, 0.5) is 5.82 Å². The molecule has 1 aliphatic heterocycles. The standard InChI is InChI=1S/C28H27N7O6S/c1-3-34(42(38,39)20-8-9-21(40-2)19(11-20)12-29)15-22-24(36)25(37)28(41-22)35-14-18(7-6-17-5-4-10-31-13-17)23-26(30)32-16-33-27(23)35/h4-5,8-11,13-14,16,22,24-25,28,36-37H,3,15H2,1-2H3,(H2,30,32,33)/t22-,24-,25-,28-/m1/s1. The summed E-state index contributed by atoms with van der Waals surface area (Å²) in [6.45, 7) is 1.40. The predicted molar refractivity (Wildman–Crippen MR) is 150 cm³/mol. The van der Waals surface area contributed by atoms with Crippen molar-refractivity contribution in [3.63, 3.8) is 0 Å². The van der Waals surface area contributed by atoms with E-state index in [4.69, 9.17) is 15.2 Å². The summed E-state index contributed by atoms with van der Waals surface area (Å²) in [5.74, 6) is 6.44. The molecule has 0 aliphatic carbocycles. The number of aliphatic hydroxyl groups is 2. The number of benzene rings is 1. The number of rotatable bonds is 7. The van der Waals surface area contributed by atoms with Gasteiger partial charge in [-0.2, -0.15) is 9.57 Å². The van der Waals surface area contributed by atoms with Gasteiger partial charge in [0.2, 0.25) is 10.0 Å². The summed E-state index contributed by atoms with van der Waals surface area (Å²) in [5.41, 5.74) is 7.66. The summed E-state index contributed by atoms with van der Waals surface area (Å²) >= 11 is 0. The molecule has 0 amide bonds. The number of pyridine rings is 1. The number of nitrogens with zero attached hydrogens (tertiary/aromatic N) is 6. The molecule has 3 aromatic heterocycles. The Hall–Kier alpha value is -4.57. The molecule has 1 aliphatic rings. The van der Waals surface area contributed by atoms with Gasteiger partial charge in [0.25, 0.3) is 0 Å². The third-order valence-electron chi connectivity index (χ3n) is 6.92. The molecule has 0 spiro atoms. The number of nitrogens with two attached hydrogens (primary N) is 1. The minimum atomic E-state index is -4.10. The molecule has 0 radical (unpaired) electrons. The van der Waals surface area contributed by atoms with Crippen LogP contribution in [0.5, 0.6) is 5.75 Å². The maximum Gasteiger partial charge on any atom is 0.243 e. The van der Waals surface area contributed by atoms with Crippen LogP contribution in [0.25, 0.3) is 11.0 Å². The molecule has 5 rings (SSSR count). The first-order chi connectivity index (χ1) is 20.2. The summed E-state index contributed by atoms with van der Waals surface area (Å²) in [4.78, 5) is 12.3. The fourth-order valence-electron chi connectivity index (χ4n) is 4.77. The van der Waals surface area contributed by atoms with Crippen LogP contribution in [0, 0.1) is 23.2 Å². The van der Waals surface area contributed by atoms with E-state index >= 15 is 0 Å². The monoisotopic (exact) mass is 589 g/mol. The highest BCUT2D eigenvalue weighted by atomic mass is 32.2. The summed E-state index contributed by atoms with van der Waals surface area (Å²) in [6, 6.07) is 9.44. The van der Waals surface area contributed by atoms with Crippen molar-refractivity contribution < 1.29 is 28.1 Å². The van der Waals surface area contributed by atoms with Crippen molar-refractivity contribution in [2.24, 2.45) is 0 Å². The number of nitriles is 1. The van der Waals surface area contributed by atoms with Crippen LogP contribution in [-0.2, 0) is 14.8 Å².